The zero-order chi connectivity index (χ0) is 29.6. The van der Waals surface area contributed by atoms with Crippen LogP contribution in [0.1, 0.15) is 238 Å². The second-order valence-corrected chi connectivity index (χ2v) is 13.6. The monoisotopic (exact) mass is 574 g/mol. The highest BCUT2D eigenvalue weighted by molar-refractivity contribution is 4.90. The maximum Gasteiger partial charge on any atom is 0.257 e. The summed E-state index contributed by atoms with van der Waals surface area (Å²) < 4.78 is 2.61. The van der Waals surface area contributed by atoms with Crippen LogP contribution in [-0.4, -0.2) is 4.98 Å². The number of aromatic amines is 1. The molecule has 0 aromatic carbocycles. The molecule has 0 fully saturated rings. The van der Waals surface area contributed by atoms with E-state index in [1.165, 1.54) is 198 Å². The van der Waals surface area contributed by atoms with Crippen molar-refractivity contribution in [3.8, 4) is 0 Å². The Morgan fingerprint density at radius 2 is 0.780 bits per heavy atom. The van der Waals surface area contributed by atoms with Crippen molar-refractivity contribution < 1.29 is 4.57 Å². The SMILES string of the molecule is CCCCCCCCCCCCCCCCC(CCCCCCCCCCCC)c1[nH]cc[n+]1C(C)CCCCC. The van der Waals surface area contributed by atoms with Crippen LogP contribution in [0.4, 0.5) is 0 Å². The Morgan fingerprint density at radius 1 is 0.463 bits per heavy atom. The minimum absolute atomic E-state index is 0.620. The summed E-state index contributed by atoms with van der Waals surface area (Å²) in [7, 11) is 0. The quantitative estimate of drug-likeness (QED) is 0.0653. The molecule has 41 heavy (non-hydrogen) atoms. The van der Waals surface area contributed by atoms with Crippen molar-refractivity contribution >= 4 is 0 Å². The van der Waals surface area contributed by atoms with Gasteiger partial charge in [0.1, 0.15) is 12.4 Å². The van der Waals surface area contributed by atoms with Gasteiger partial charge in [0.25, 0.3) is 5.82 Å². The van der Waals surface area contributed by atoms with Crippen LogP contribution in [0.15, 0.2) is 12.4 Å². The molecule has 0 saturated heterocycles. The van der Waals surface area contributed by atoms with Crippen LogP contribution in [0.5, 0.6) is 0 Å². The third-order valence-electron chi connectivity index (χ3n) is 9.64. The summed E-state index contributed by atoms with van der Waals surface area (Å²) >= 11 is 0. The predicted octanol–water partition coefficient (Wildman–Crippen LogP) is 13.7. The first-order valence-corrected chi connectivity index (χ1v) is 19.3. The first-order chi connectivity index (χ1) is 20.2. The summed E-state index contributed by atoms with van der Waals surface area (Å²) in [6, 6.07) is 0.620. The van der Waals surface area contributed by atoms with Crippen LogP contribution >= 0.6 is 0 Å². The van der Waals surface area contributed by atoms with E-state index in [-0.39, 0.29) is 0 Å². The number of imidazole rings is 1. The van der Waals surface area contributed by atoms with Crippen LogP contribution < -0.4 is 4.57 Å². The van der Waals surface area contributed by atoms with E-state index >= 15 is 0 Å². The highest BCUT2D eigenvalue weighted by Gasteiger charge is 2.25. The molecule has 0 radical (unpaired) electrons. The number of H-pyrrole nitrogens is 1. The number of nitrogens with one attached hydrogen (secondary N) is 1. The molecule has 1 aromatic rings. The summed E-state index contributed by atoms with van der Waals surface area (Å²) in [6.45, 7) is 9.38. The van der Waals surface area contributed by atoms with Crippen molar-refractivity contribution in [1.82, 2.24) is 4.98 Å². The van der Waals surface area contributed by atoms with E-state index in [0.29, 0.717) is 12.0 Å². The fraction of sp³-hybridized carbons (Fsp3) is 0.923. The molecule has 0 aliphatic heterocycles. The van der Waals surface area contributed by atoms with E-state index in [0.717, 1.165) is 0 Å². The molecule has 242 valence electrons. The Morgan fingerprint density at radius 3 is 1.17 bits per heavy atom. The number of nitrogens with zero attached hydrogens (tertiary/aromatic N) is 1. The van der Waals surface area contributed by atoms with Gasteiger partial charge in [0.15, 0.2) is 0 Å². The zero-order valence-electron chi connectivity index (χ0n) is 29.0. The molecule has 2 atom stereocenters. The van der Waals surface area contributed by atoms with Gasteiger partial charge in [0.05, 0.1) is 12.0 Å². The van der Waals surface area contributed by atoms with Gasteiger partial charge in [0, 0.05) is 0 Å². The van der Waals surface area contributed by atoms with Gasteiger partial charge >= 0.3 is 0 Å². The maximum atomic E-state index is 3.73. The maximum absolute atomic E-state index is 3.73. The predicted molar refractivity (Wildman–Crippen MR) is 184 cm³/mol. The van der Waals surface area contributed by atoms with Crippen molar-refractivity contribution in [2.45, 2.75) is 232 Å². The lowest BCUT2D eigenvalue weighted by molar-refractivity contribution is -0.727. The first kappa shape index (κ1) is 38.2. The largest absolute Gasteiger partial charge is 0.257 e. The summed E-state index contributed by atoms with van der Waals surface area (Å²) in [4.78, 5) is 3.73. The molecule has 0 amide bonds. The van der Waals surface area contributed by atoms with E-state index in [1.807, 2.05) is 0 Å². The fourth-order valence-corrected chi connectivity index (χ4v) is 6.78. The lowest BCUT2D eigenvalue weighted by Crippen LogP contribution is -2.41. The van der Waals surface area contributed by atoms with Gasteiger partial charge in [-0.15, -0.1) is 0 Å². The van der Waals surface area contributed by atoms with Gasteiger partial charge < -0.3 is 0 Å². The first-order valence-electron chi connectivity index (χ1n) is 19.3. The lowest BCUT2D eigenvalue weighted by Gasteiger charge is -2.17. The van der Waals surface area contributed by atoms with E-state index in [9.17, 15) is 0 Å². The third kappa shape index (κ3) is 21.5. The minimum atomic E-state index is 0.620. The van der Waals surface area contributed by atoms with E-state index in [1.54, 1.807) is 0 Å². The summed E-state index contributed by atoms with van der Waals surface area (Å²) in [5.74, 6) is 2.24. The molecule has 2 heteroatoms. The number of hydrogen-bond acceptors (Lipinski definition) is 0. The smallest absolute Gasteiger partial charge is 0.247 e. The standard InChI is InChI=1S/C39H76N2/c1-5-8-11-13-15-17-19-20-21-22-24-26-28-31-34-38(33-30-27-25-23-18-16-14-12-9-6-2)39-40-35-36-41(39)37(4)32-29-10-7-3/h35-38H,5-34H2,1-4H3/p+1. The topological polar surface area (TPSA) is 19.7 Å². The molecule has 1 aromatic heterocycles. The van der Waals surface area contributed by atoms with E-state index < -0.39 is 0 Å². The molecule has 0 aliphatic rings. The van der Waals surface area contributed by atoms with Crippen LogP contribution in [0, 0.1) is 0 Å². The molecule has 2 unspecified atom stereocenters. The van der Waals surface area contributed by atoms with Gasteiger partial charge in [-0.3, -0.25) is 0 Å². The Kier molecular flexibility index (Phi) is 27.3. The lowest BCUT2D eigenvalue weighted by atomic mass is 9.92. The van der Waals surface area contributed by atoms with Crippen molar-refractivity contribution in [3.63, 3.8) is 0 Å². The van der Waals surface area contributed by atoms with Crippen molar-refractivity contribution in [1.29, 1.82) is 0 Å². The number of rotatable bonds is 32. The van der Waals surface area contributed by atoms with Crippen LogP contribution in [0.25, 0.3) is 0 Å². The summed E-state index contributed by atoms with van der Waals surface area (Å²) in [5.41, 5.74) is 0. The molecule has 2 nitrogen and oxygen atoms in total. The molecule has 1 rings (SSSR count). The van der Waals surface area contributed by atoms with Gasteiger partial charge in [-0.1, -0.05) is 188 Å². The van der Waals surface area contributed by atoms with Gasteiger partial charge in [0.2, 0.25) is 0 Å². The van der Waals surface area contributed by atoms with Gasteiger partial charge in [-0.05, 0) is 32.6 Å². The molecule has 0 bridgehead atoms. The normalized spacial score (nSPS) is 13.2. The van der Waals surface area contributed by atoms with Gasteiger partial charge in [-0.25, -0.2) is 9.55 Å². The number of hydrogen-bond donors (Lipinski definition) is 1. The zero-order valence-corrected chi connectivity index (χ0v) is 29.0. The number of aromatic nitrogens is 2. The second-order valence-electron chi connectivity index (χ2n) is 13.6. The van der Waals surface area contributed by atoms with Crippen molar-refractivity contribution in [2.24, 2.45) is 0 Å². The second kappa shape index (κ2) is 29.3. The summed E-state index contributed by atoms with van der Waals surface area (Å²) in [6.07, 6.45) is 47.3. The van der Waals surface area contributed by atoms with Crippen molar-refractivity contribution in [2.75, 3.05) is 0 Å². The average Bonchev–Trinajstić information content (AvgIpc) is 3.47. The van der Waals surface area contributed by atoms with E-state index in [4.69, 9.17) is 0 Å². The molecule has 0 aliphatic carbocycles. The highest BCUT2D eigenvalue weighted by Crippen LogP contribution is 2.27. The van der Waals surface area contributed by atoms with Crippen LogP contribution in [-0.2, 0) is 0 Å². The van der Waals surface area contributed by atoms with Gasteiger partial charge in [-0.2, -0.15) is 0 Å². The number of unbranched alkanes of at least 4 members (excludes halogenated alkanes) is 24. The fourth-order valence-electron chi connectivity index (χ4n) is 6.78. The molecule has 1 N–H and O–H groups in total. The Bertz CT molecular complexity index is 635. The molecular formula is C39H77N2+. The Hall–Kier alpha value is -0.790. The average molecular weight is 574 g/mol. The summed E-state index contributed by atoms with van der Waals surface area (Å²) in [5, 5.41) is 0. The third-order valence-corrected chi connectivity index (χ3v) is 9.64. The highest BCUT2D eigenvalue weighted by atomic mass is 15.1. The van der Waals surface area contributed by atoms with Crippen LogP contribution in [0.2, 0.25) is 0 Å². The van der Waals surface area contributed by atoms with Crippen LogP contribution in [0.3, 0.4) is 0 Å². The molecular weight excluding hydrogens is 496 g/mol. The molecule has 0 saturated carbocycles. The minimum Gasteiger partial charge on any atom is -0.247 e. The van der Waals surface area contributed by atoms with Crippen molar-refractivity contribution in [3.05, 3.63) is 18.2 Å². The Labute approximate surface area is 259 Å². The molecule has 1 heterocycles. The van der Waals surface area contributed by atoms with E-state index in [2.05, 4.69) is 49.6 Å². The molecule has 0 spiro atoms. The Balaban J connectivity index is 2.33.